The number of benzene rings is 3. The average molecular weight is 562 g/mol. The fourth-order valence-corrected chi connectivity index (χ4v) is 5.13. The van der Waals surface area contributed by atoms with E-state index in [4.69, 9.17) is 9.47 Å². The summed E-state index contributed by atoms with van der Waals surface area (Å²) in [6.45, 7) is 3.23. The first-order chi connectivity index (χ1) is 18.0. The molecule has 37 heavy (non-hydrogen) atoms. The van der Waals surface area contributed by atoms with E-state index in [2.05, 4.69) is 37.9 Å². The molecule has 1 amide bonds. The SMILES string of the molecule is COc1cc(OC)c2c(-c3ccc(Br)cc3)c[nH]c2c1C(=O)C(=O)N1CCN(Cc2ccccc2)CC1. The summed E-state index contributed by atoms with van der Waals surface area (Å²) < 4.78 is 12.2. The summed E-state index contributed by atoms with van der Waals surface area (Å²) in [6, 6.07) is 19.8. The molecule has 0 unspecified atom stereocenters. The lowest BCUT2D eigenvalue weighted by Crippen LogP contribution is -2.50. The normalized spacial score (nSPS) is 14.1. The molecule has 0 atom stereocenters. The third-order valence-electron chi connectivity index (χ3n) is 6.81. The smallest absolute Gasteiger partial charge is 0.295 e. The first-order valence-electron chi connectivity index (χ1n) is 12.1. The lowest BCUT2D eigenvalue weighted by atomic mass is 9.99. The Morgan fingerprint density at radius 1 is 0.919 bits per heavy atom. The molecule has 0 radical (unpaired) electrons. The first-order valence-corrected chi connectivity index (χ1v) is 12.9. The molecule has 1 aliphatic heterocycles. The van der Waals surface area contributed by atoms with Gasteiger partial charge in [0, 0.05) is 55.0 Å². The predicted molar refractivity (Wildman–Crippen MR) is 147 cm³/mol. The maximum atomic E-state index is 13.6. The number of nitrogens with one attached hydrogen (secondary N) is 1. The Balaban J connectivity index is 1.43. The zero-order valence-electron chi connectivity index (χ0n) is 20.8. The number of ether oxygens (including phenoxy) is 2. The summed E-state index contributed by atoms with van der Waals surface area (Å²) in [5, 5.41) is 0.731. The third kappa shape index (κ3) is 4.99. The molecule has 1 fully saturated rings. The third-order valence-corrected chi connectivity index (χ3v) is 7.34. The van der Waals surface area contributed by atoms with Crippen LogP contribution in [0.1, 0.15) is 15.9 Å². The number of carbonyl (C=O) groups is 2. The number of H-pyrrole nitrogens is 1. The number of aromatic nitrogens is 1. The van der Waals surface area contributed by atoms with Gasteiger partial charge in [0.2, 0.25) is 0 Å². The Morgan fingerprint density at radius 3 is 2.24 bits per heavy atom. The van der Waals surface area contributed by atoms with E-state index in [9.17, 15) is 9.59 Å². The number of Topliss-reactive ketones (excluding diaryl/α,β-unsaturated/α-hetero) is 1. The lowest BCUT2D eigenvalue weighted by Gasteiger charge is -2.34. The number of piperazine rings is 1. The number of hydrogen-bond acceptors (Lipinski definition) is 5. The molecule has 0 aliphatic carbocycles. The first kappa shape index (κ1) is 25.0. The van der Waals surface area contributed by atoms with Gasteiger partial charge in [0.05, 0.1) is 30.7 Å². The number of fused-ring (bicyclic) bond motifs is 1. The van der Waals surface area contributed by atoms with Gasteiger partial charge in [0.15, 0.2) is 0 Å². The molecular formula is C29H28BrN3O4. The van der Waals surface area contributed by atoms with Crippen LogP contribution in [0.3, 0.4) is 0 Å². The van der Waals surface area contributed by atoms with E-state index >= 15 is 0 Å². The number of methoxy groups -OCH3 is 2. The van der Waals surface area contributed by atoms with E-state index in [-0.39, 0.29) is 5.56 Å². The summed E-state index contributed by atoms with van der Waals surface area (Å²) >= 11 is 3.47. The minimum atomic E-state index is -0.592. The highest BCUT2D eigenvalue weighted by atomic mass is 79.9. The fourth-order valence-electron chi connectivity index (χ4n) is 4.87. The second kappa shape index (κ2) is 10.8. The van der Waals surface area contributed by atoms with Crippen LogP contribution in [0.5, 0.6) is 11.5 Å². The molecule has 1 N–H and O–H groups in total. The molecule has 5 rings (SSSR count). The number of nitrogens with zero attached hydrogens (tertiary/aromatic N) is 2. The monoisotopic (exact) mass is 561 g/mol. The number of ketones is 1. The highest BCUT2D eigenvalue weighted by Crippen LogP contribution is 2.41. The van der Waals surface area contributed by atoms with Crippen LogP contribution in [-0.2, 0) is 11.3 Å². The van der Waals surface area contributed by atoms with Crippen molar-refractivity contribution in [3.8, 4) is 22.6 Å². The van der Waals surface area contributed by atoms with Gasteiger partial charge in [0.1, 0.15) is 11.5 Å². The van der Waals surface area contributed by atoms with E-state index in [1.54, 1.807) is 18.1 Å². The highest BCUT2D eigenvalue weighted by Gasteiger charge is 2.32. The van der Waals surface area contributed by atoms with Crippen molar-refractivity contribution < 1.29 is 19.1 Å². The molecule has 190 valence electrons. The standard InChI is InChI=1S/C29H28BrN3O4/c1-36-23-16-24(37-2)26(27-25(23)22(17-31-27)20-8-10-21(30)11-9-20)28(34)29(35)33-14-12-32(13-15-33)18-19-6-4-3-5-7-19/h3-11,16-17,31H,12-15,18H2,1-2H3. The lowest BCUT2D eigenvalue weighted by molar-refractivity contribution is -0.128. The minimum absolute atomic E-state index is 0.221. The largest absolute Gasteiger partial charge is 0.496 e. The Labute approximate surface area is 224 Å². The van der Waals surface area contributed by atoms with Gasteiger partial charge in [-0.15, -0.1) is 0 Å². The van der Waals surface area contributed by atoms with Crippen molar-refractivity contribution >= 4 is 38.5 Å². The van der Waals surface area contributed by atoms with Crippen LogP contribution < -0.4 is 9.47 Å². The number of rotatable bonds is 7. The Morgan fingerprint density at radius 2 is 1.59 bits per heavy atom. The summed E-state index contributed by atoms with van der Waals surface area (Å²) in [4.78, 5) is 34.2. The van der Waals surface area contributed by atoms with Crippen LogP contribution in [0.4, 0.5) is 0 Å². The van der Waals surface area contributed by atoms with Crippen LogP contribution in [-0.4, -0.2) is 66.9 Å². The Kier molecular flexibility index (Phi) is 7.30. The summed E-state index contributed by atoms with van der Waals surface area (Å²) in [5.74, 6) is -0.256. The highest BCUT2D eigenvalue weighted by molar-refractivity contribution is 9.10. The molecule has 0 bridgehead atoms. The zero-order chi connectivity index (χ0) is 25.9. The zero-order valence-corrected chi connectivity index (χ0v) is 22.4. The van der Waals surface area contributed by atoms with E-state index in [0.717, 1.165) is 27.5 Å². The van der Waals surface area contributed by atoms with Gasteiger partial charge in [-0.05, 0) is 23.3 Å². The molecule has 1 aromatic heterocycles. The second-order valence-electron chi connectivity index (χ2n) is 9.00. The van der Waals surface area contributed by atoms with Crippen LogP contribution in [0.25, 0.3) is 22.0 Å². The van der Waals surface area contributed by atoms with Gasteiger partial charge in [0.25, 0.3) is 11.7 Å². The summed E-state index contributed by atoms with van der Waals surface area (Å²) in [6.07, 6.45) is 1.83. The molecular weight excluding hydrogens is 534 g/mol. The predicted octanol–water partition coefficient (Wildman–Crippen LogP) is 5.14. The van der Waals surface area contributed by atoms with Gasteiger partial charge in [-0.1, -0.05) is 58.4 Å². The number of halogens is 1. The molecule has 0 spiro atoms. The fraction of sp³-hybridized carbons (Fsp3) is 0.241. The van der Waals surface area contributed by atoms with Crippen molar-refractivity contribution in [2.24, 2.45) is 0 Å². The maximum Gasteiger partial charge on any atom is 0.295 e. The maximum absolute atomic E-state index is 13.6. The molecule has 8 heteroatoms. The summed E-state index contributed by atoms with van der Waals surface area (Å²) in [5.41, 5.74) is 3.81. The van der Waals surface area contributed by atoms with Gasteiger partial charge >= 0.3 is 0 Å². The van der Waals surface area contributed by atoms with Gasteiger partial charge < -0.3 is 19.4 Å². The van der Waals surface area contributed by atoms with E-state index < -0.39 is 11.7 Å². The molecule has 7 nitrogen and oxygen atoms in total. The van der Waals surface area contributed by atoms with Crippen LogP contribution in [0.15, 0.2) is 71.3 Å². The van der Waals surface area contributed by atoms with Crippen LogP contribution >= 0.6 is 15.9 Å². The van der Waals surface area contributed by atoms with Gasteiger partial charge in [-0.3, -0.25) is 14.5 Å². The molecule has 1 saturated heterocycles. The number of hydrogen-bond donors (Lipinski definition) is 1. The van der Waals surface area contributed by atoms with Crippen LogP contribution in [0.2, 0.25) is 0 Å². The Hall–Kier alpha value is -3.62. The van der Waals surface area contributed by atoms with E-state index in [1.807, 2.05) is 48.7 Å². The molecule has 4 aromatic rings. The topological polar surface area (TPSA) is 74.9 Å². The second-order valence-corrected chi connectivity index (χ2v) is 9.91. The van der Waals surface area contributed by atoms with Crippen molar-refractivity contribution in [1.29, 1.82) is 0 Å². The van der Waals surface area contributed by atoms with Crippen LogP contribution in [0, 0.1) is 0 Å². The molecule has 2 heterocycles. The van der Waals surface area contributed by atoms with Crippen molar-refractivity contribution in [3.63, 3.8) is 0 Å². The number of aromatic amines is 1. The average Bonchev–Trinajstić information content (AvgIpc) is 3.38. The van der Waals surface area contributed by atoms with Crippen molar-refractivity contribution in [2.75, 3.05) is 40.4 Å². The molecule has 1 aliphatic rings. The molecule has 0 saturated carbocycles. The number of amides is 1. The number of carbonyl (C=O) groups excluding carboxylic acids is 2. The Bertz CT molecular complexity index is 1430. The van der Waals surface area contributed by atoms with E-state index in [1.165, 1.54) is 12.7 Å². The van der Waals surface area contributed by atoms with Crippen molar-refractivity contribution in [1.82, 2.24) is 14.8 Å². The van der Waals surface area contributed by atoms with Crippen molar-refractivity contribution in [3.05, 3.63) is 82.5 Å². The summed E-state index contributed by atoms with van der Waals surface area (Å²) in [7, 11) is 3.07. The molecule has 3 aromatic carbocycles. The quantitative estimate of drug-likeness (QED) is 0.250. The minimum Gasteiger partial charge on any atom is -0.496 e. The van der Waals surface area contributed by atoms with E-state index in [0.29, 0.717) is 43.2 Å². The van der Waals surface area contributed by atoms with Crippen molar-refractivity contribution in [2.45, 2.75) is 6.54 Å². The van der Waals surface area contributed by atoms with Gasteiger partial charge in [-0.25, -0.2) is 0 Å². The van der Waals surface area contributed by atoms with Gasteiger partial charge in [-0.2, -0.15) is 0 Å².